The van der Waals surface area contributed by atoms with Crippen molar-refractivity contribution in [3.8, 4) is 5.75 Å². The average Bonchev–Trinajstić information content (AvgIpc) is 2.88. The molecule has 0 bridgehead atoms. The third-order valence-electron chi connectivity index (χ3n) is 5.61. The second-order valence-electron chi connectivity index (χ2n) is 7.73. The molecular formula is C28H25NO4. The molecule has 33 heavy (non-hydrogen) atoms. The van der Waals surface area contributed by atoms with E-state index in [4.69, 9.17) is 4.74 Å². The van der Waals surface area contributed by atoms with Crippen molar-refractivity contribution in [2.24, 2.45) is 0 Å². The third kappa shape index (κ3) is 4.78. The Hall–Kier alpha value is -3.96. The summed E-state index contributed by atoms with van der Waals surface area (Å²) in [5, 5.41) is 9.57. The molecule has 1 aliphatic rings. The highest BCUT2D eigenvalue weighted by Gasteiger charge is 2.34. The van der Waals surface area contributed by atoms with Crippen LogP contribution < -0.4 is 4.74 Å². The van der Waals surface area contributed by atoms with Crippen molar-refractivity contribution < 1.29 is 19.4 Å². The molecular weight excluding hydrogens is 414 g/mol. The molecule has 0 amide bonds. The predicted molar refractivity (Wildman–Crippen MR) is 127 cm³/mol. The molecule has 1 N–H and O–H groups in total. The maximum absolute atomic E-state index is 13.7. The fourth-order valence-electron chi connectivity index (χ4n) is 4.03. The normalized spacial score (nSPS) is 13.8. The Bertz CT molecular complexity index is 1130. The van der Waals surface area contributed by atoms with Gasteiger partial charge in [0, 0.05) is 47.1 Å². The van der Waals surface area contributed by atoms with Crippen molar-refractivity contribution in [2.75, 3.05) is 20.3 Å². The van der Waals surface area contributed by atoms with Crippen LogP contribution >= 0.6 is 0 Å². The highest BCUT2D eigenvalue weighted by atomic mass is 16.5. The van der Waals surface area contributed by atoms with Crippen LogP contribution in [0.5, 0.6) is 5.75 Å². The zero-order valence-corrected chi connectivity index (χ0v) is 18.3. The van der Waals surface area contributed by atoms with Gasteiger partial charge < -0.3 is 14.7 Å². The molecule has 0 aromatic heterocycles. The van der Waals surface area contributed by atoms with Gasteiger partial charge in [-0.05, 0) is 17.7 Å². The Morgan fingerprint density at radius 1 is 0.818 bits per heavy atom. The molecule has 0 saturated carbocycles. The van der Waals surface area contributed by atoms with E-state index in [-0.39, 0.29) is 24.7 Å². The van der Waals surface area contributed by atoms with Gasteiger partial charge in [-0.1, -0.05) is 72.8 Å². The summed E-state index contributed by atoms with van der Waals surface area (Å²) in [5.41, 5.74) is 2.78. The summed E-state index contributed by atoms with van der Waals surface area (Å²) < 4.78 is 5.41. The Balaban J connectivity index is 1.88. The summed E-state index contributed by atoms with van der Waals surface area (Å²) >= 11 is 0. The number of nitrogens with zero attached hydrogens (tertiary/aromatic N) is 1. The number of hydrogen-bond donors (Lipinski definition) is 1. The van der Waals surface area contributed by atoms with E-state index in [1.165, 1.54) is 0 Å². The minimum atomic E-state index is -0.588. The van der Waals surface area contributed by atoms with Crippen molar-refractivity contribution in [3.05, 3.63) is 125 Å². The topological polar surface area (TPSA) is 66.8 Å². The van der Waals surface area contributed by atoms with E-state index in [0.717, 1.165) is 5.56 Å². The van der Waals surface area contributed by atoms with Crippen molar-refractivity contribution >= 4 is 11.6 Å². The average molecular weight is 440 g/mol. The number of ketones is 2. The summed E-state index contributed by atoms with van der Waals surface area (Å²) in [4.78, 5) is 29.0. The number of aliphatic hydroxyl groups is 1. The molecule has 0 radical (unpaired) electrons. The Kier molecular flexibility index (Phi) is 6.81. The van der Waals surface area contributed by atoms with Crippen LogP contribution in [0.2, 0.25) is 0 Å². The molecule has 5 nitrogen and oxygen atoms in total. The van der Waals surface area contributed by atoms with E-state index in [2.05, 4.69) is 0 Å². The number of aliphatic hydroxyl groups excluding tert-OH is 1. The highest BCUT2D eigenvalue weighted by Crippen LogP contribution is 2.40. The van der Waals surface area contributed by atoms with Gasteiger partial charge in [0.2, 0.25) is 0 Å². The van der Waals surface area contributed by atoms with Crippen LogP contribution in [-0.4, -0.2) is 41.8 Å². The van der Waals surface area contributed by atoms with Gasteiger partial charge in [0.15, 0.2) is 11.6 Å². The first-order chi connectivity index (χ1) is 16.1. The van der Waals surface area contributed by atoms with E-state index in [1.807, 2.05) is 60.7 Å². The Morgan fingerprint density at radius 2 is 1.36 bits per heavy atom. The molecule has 0 unspecified atom stereocenters. The minimum absolute atomic E-state index is 0.115. The van der Waals surface area contributed by atoms with E-state index < -0.39 is 5.92 Å². The summed E-state index contributed by atoms with van der Waals surface area (Å²) in [5.74, 6) is -0.283. The van der Waals surface area contributed by atoms with Gasteiger partial charge in [-0.15, -0.1) is 0 Å². The van der Waals surface area contributed by atoms with Gasteiger partial charge in [-0.3, -0.25) is 9.59 Å². The monoisotopic (exact) mass is 439 g/mol. The Morgan fingerprint density at radius 3 is 1.85 bits per heavy atom. The SMILES string of the molecule is COc1cccc(C2C(C(=O)c3ccccc3)=CN(CCO)C=C2C(=O)c2ccccc2)c1. The number of allylic oxidation sites excluding steroid dienone is 2. The number of Topliss-reactive ketones (excluding diaryl/α,β-unsaturated/α-hetero) is 2. The van der Waals surface area contributed by atoms with Crippen molar-refractivity contribution in [2.45, 2.75) is 5.92 Å². The fourth-order valence-corrected chi connectivity index (χ4v) is 4.03. The van der Waals surface area contributed by atoms with E-state index >= 15 is 0 Å². The summed E-state index contributed by atoms with van der Waals surface area (Å²) in [7, 11) is 1.58. The van der Waals surface area contributed by atoms with Crippen LogP contribution in [0, 0.1) is 0 Å². The quantitative estimate of drug-likeness (QED) is 0.519. The number of β-amino-alcohol motifs (C(OH)–C–C–N with tert-alkyl or cyclic N) is 1. The predicted octanol–water partition coefficient (Wildman–Crippen LogP) is 4.62. The Labute approximate surface area is 193 Å². The van der Waals surface area contributed by atoms with Crippen molar-refractivity contribution in [1.29, 1.82) is 0 Å². The number of carbonyl (C=O) groups excluding carboxylic acids is 2. The first kappa shape index (κ1) is 22.2. The molecule has 0 atom stereocenters. The lowest BCUT2D eigenvalue weighted by Crippen LogP contribution is -2.29. The van der Waals surface area contributed by atoms with Crippen LogP contribution in [0.3, 0.4) is 0 Å². The molecule has 166 valence electrons. The van der Waals surface area contributed by atoms with Gasteiger partial charge in [0.05, 0.1) is 13.7 Å². The van der Waals surface area contributed by atoms with Gasteiger partial charge >= 0.3 is 0 Å². The molecule has 3 aromatic carbocycles. The lowest BCUT2D eigenvalue weighted by atomic mass is 9.77. The van der Waals surface area contributed by atoms with Crippen LogP contribution in [0.15, 0.2) is 108 Å². The largest absolute Gasteiger partial charge is 0.497 e. The fraction of sp³-hybridized carbons (Fsp3) is 0.143. The number of benzene rings is 3. The number of rotatable bonds is 8. The zero-order chi connectivity index (χ0) is 23.2. The smallest absolute Gasteiger partial charge is 0.191 e. The molecule has 0 aliphatic carbocycles. The molecule has 0 spiro atoms. The summed E-state index contributed by atoms with van der Waals surface area (Å²) in [6.45, 7) is 0.151. The lowest BCUT2D eigenvalue weighted by molar-refractivity contribution is 0.101. The molecule has 5 heteroatoms. The number of carbonyl (C=O) groups is 2. The summed E-state index contributed by atoms with van der Waals surface area (Å²) in [6, 6.07) is 25.4. The van der Waals surface area contributed by atoms with Gasteiger partial charge in [0.25, 0.3) is 0 Å². The number of ether oxygens (including phenoxy) is 1. The zero-order valence-electron chi connectivity index (χ0n) is 18.3. The first-order valence-electron chi connectivity index (χ1n) is 10.8. The van der Waals surface area contributed by atoms with Crippen molar-refractivity contribution in [3.63, 3.8) is 0 Å². The number of hydrogen-bond acceptors (Lipinski definition) is 5. The summed E-state index contributed by atoms with van der Waals surface area (Å²) in [6.07, 6.45) is 3.47. The first-order valence-corrected chi connectivity index (χ1v) is 10.8. The molecule has 0 fully saturated rings. The molecule has 3 aromatic rings. The molecule has 1 heterocycles. The van der Waals surface area contributed by atoms with Crippen LogP contribution in [0.25, 0.3) is 0 Å². The minimum Gasteiger partial charge on any atom is -0.497 e. The second-order valence-corrected chi connectivity index (χ2v) is 7.73. The van der Waals surface area contributed by atoms with Crippen LogP contribution in [0.1, 0.15) is 32.2 Å². The number of methoxy groups -OCH3 is 1. The maximum atomic E-state index is 13.7. The maximum Gasteiger partial charge on any atom is 0.191 e. The molecule has 4 rings (SSSR count). The van der Waals surface area contributed by atoms with Crippen LogP contribution in [-0.2, 0) is 0 Å². The molecule has 1 aliphatic heterocycles. The van der Waals surface area contributed by atoms with Gasteiger partial charge in [0.1, 0.15) is 5.75 Å². The third-order valence-corrected chi connectivity index (χ3v) is 5.61. The highest BCUT2D eigenvalue weighted by molar-refractivity contribution is 6.15. The van der Waals surface area contributed by atoms with E-state index in [1.54, 1.807) is 48.7 Å². The van der Waals surface area contributed by atoms with Gasteiger partial charge in [-0.2, -0.15) is 0 Å². The molecule has 0 saturated heterocycles. The van der Waals surface area contributed by atoms with Crippen LogP contribution in [0.4, 0.5) is 0 Å². The van der Waals surface area contributed by atoms with Crippen molar-refractivity contribution in [1.82, 2.24) is 4.90 Å². The lowest BCUT2D eigenvalue weighted by Gasteiger charge is -2.31. The second kappa shape index (κ2) is 10.1. The standard InChI is InChI=1S/C28H25NO4/c1-33-23-14-8-13-22(17-23)26-24(27(31)20-9-4-2-5-10-20)18-29(15-16-30)19-25(26)28(32)21-11-6-3-7-12-21/h2-14,17-19,26,30H,15-16H2,1H3. The van der Waals surface area contributed by atoms with E-state index in [9.17, 15) is 14.7 Å². The van der Waals surface area contributed by atoms with E-state index in [0.29, 0.717) is 28.0 Å². The van der Waals surface area contributed by atoms with Gasteiger partial charge in [-0.25, -0.2) is 0 Å².